The van der Waals surface area contributed by atoms with Gasteiger partial charge in [0, 0.05) is 0 Å². The third-order valence-electron chi connectivity index (χ3n) is 3.14. The van der Waals surface area contributed by atoms with Gasteiger partial charge in [0.1, 0.15) is 0 Å². The van der Waals surface area contributed by atoms with Crippen molar-refractivity contribution in [2.24, 2.45) is 10.8 Å². The molecule has 0 aliphatic carbocycles. The van der Waals surface area contributed by atoms with Crippen molar-refractivity contribution in [3.05, 3.63) is 35.4 Å². The summed E-state index contributed by atoms with van der Waals surface area (Å²) in [5, 5.41) is 0. The van der Waals surface area contributed by atoms with Gasteiger partial charge in [-0.1, -0.05) is 58.9 Å². The fourth-order valence-electron chi connectivity index (χ4n) is 2.07. The Morgan fingerprint density at radius 3 is 1.74 bits per heavy atom. The minimum atomic E-state index is -4.17. The molecule has 0 N–H and O–H groups in total. The molecule has 0 spiro atoms. The highest BCUT2D eigenvalue weighted by molar-refractivity contribution is 5.25. The molecule has 1 aromatic carbocycles. The minimum Gasteiger partial charge on any atom is -0.171 e. The van der Waals surface area contributed by atoms with Gasteiger partial charge in [-0.25, -0.2) is 0 Å². The van der Waals surface area contributed by atoms with Crippen LogP contribution in [-0.2, 0) is 12.8 Å². The Bertz CT molecular complexity index is 422. The Balaban J connectivity index is 2.89. The molecule has 108 valence electrons. The lowest BCUT2D eigenvalue weighted by molar-refractivity contribution is -0.211. The van der Waals surface area contributed by atoms with E-state index in [0.29, 0.717) is 0 Å². The maximum atomic E-state index is 12.9. The summed E-state index contributed by atoms with van der Waals surface area (Å²) in [5.41, 5.74) is 0.304. The molecule has 3 heteroatoms. The Kier molecular flexibility index (Phi) is 4.38. The normalized spacial score (nSPS) is 13.7. The van der Waals surface area contributed by atoms with E-state index in [2.05, 4.69) is 20.8 Å². The molecule has 0 saturated heterocycles. The number of alkyl halides is 3. The van der Waals surface area contributed by atoms with Gasteiger partial charge in [-0.15, -0.1) is 0 Å². The first kappa shape index (κ1) is 16.1. The van der Waals surface area contributed by atoms with Crippen LogP contribution in [0.15, 0.2) is 24.3 Å². The molecule has 0 saturated carbocycles. The van der Waals surface area contributed by atoms with Gasteiger partial charge in [0.15, 0.2) is 0 Å². The number of hydrogen-bond donors (Lipinski definition) is 0. The molecule has 0 aliphatic rings. The highest BCUT2D eigenvalue weighted by Crippen LogP contribution is 2.40. The molecule has 0 fully saturated rings. The molecular weight excluding hydrogens is 249 g/mol. The van der Waals surface area contributed by atoms with Crippen molar-refractivity contribution >= 4 is 0 Å². The second-order valence-electron chi connectivity index (χ2n) is 7.12. The topological polar surface area (TPSA) is 0 Å². The standard InChI is InChI=1S/C16H23F3/c1-14(2,3)10-12-7-6-8-13(9-12)11-15(4,5)16(17,18)19/h6-9H,10-11H2,1-5H3. The minimum absolute atomic E-state index is 0.0223. The largest absolute Gasteiger partial charge is 0.394 e. The monoisotopic (exact) mass is 272 g/mol. The maximum absolute atomic E-state index is 12.9. The van der Waals surface area contributed by atoms with Crippen LogP contribution < -0.4 is 0 Å². The van der Waals surface area contributed by atoms with Crippen LogP contribution in [0, 0.1) is 10.8 Å². The molecule has 0 atom stereocenters. The van der Waals surface area contributed by atoms with Gasteiger partial charge in [0.05, 0.1) is 5.41 Å². The molecule has 0 heterocycles. The quantitative estimate of drug-likeness (QED) is 0.690. The van der Waals surface area contributed by atoms with E-state index in [1.165, 1.54) is 13.8 Å². The van der Waals surface area contributed by atoms with Gasteiger partial charge in [-0.05, 0) is 29.4 Å². The van der Waals surface area contributed by atoms with E-state index >= 15 is 0 Å². The molecule has 0 bridgehead atoms. The third kappa shape index (κ3) is 4.88. The lowest BCUT2D eigenvalue weighted by atomic mass is 9.83. The molecule has 19 heavy (non-hydrogen) atoms. The second kappa shape index (κ2) is 5.18. The summed E-state index contributed by atoms with van der Waals surface area (Å²) >= 11 is 0. The van der Waals surface area contributed by atoms with Gasteiger partial charge in [-0.2, -0.15) is 13.2 Å². The fraction of sp³-hybridized carbons (Fsp3) is 0.625. The molecule has 1 aromatic rings. The molecule has 1 rings (SSSR count). The Morgan fingerprint density at radius 2 is 1.32 bits per heavy atom. The smallest absolute Gasteiger partial charge is 0.171 e. The first-order chi connectivity index (χ1) is 8.41. The molecular formula is C16H23F3. The number of benzene rings is 1. The van der Waals surface area contributed by atoms with Crippen LogP contribution >= 0.6 is 0 Å². The summed E-state index contributed by atoms with van der Waals surface area (Å²) in [7, 11) is 0. The molecule has 0 radical (unpaired) electrons. The summed E-state index contributed by atoms with van der Waals surface area (Å²) in [6.45, 7) is 8.88. The number of rotatable bonds is 3. The lowest BCUT2D eigenvalue weighted by Crippen LogP contribution is -2.34. The van der Waals surface area contributed by atoms with Crippen LogP contribution in [0.5, 0.6) is 0 Å². The van der Waals surface area contributed by atoms with E-state index in [1.807, 2.05) is 18.2 Å². The summed E-state index contributed by atoms with van der Waals surface area (Å²) in [6.07, 6.45) is -3.28. The summed E-state index contributed by atoms with van der Waals surface area (Å²) in [4.78, 5) is 0. The highest BCUT2D eigenvalue weighted by Gasteiger charge is 2.46. The first-order valence-corrected chi connectivity index (χ1v) is 6.55. The zero-order valence-electron chi connectivity index (χ0n) is 12.4. The van der Waals surface area contributed by atoms with Crippen LogP contribution in [0.3, 0.4) is 0 Å². The van der Waals surface area contributed by atoms with Gasteiger partial charge in [0.25, 0.3) is 0 Å². The molecule has 0 unspecified atom stereocenters. The Morgan fingerprint density at radius 1 is 0.842 bits per heavy atom. The number of halogens is 3. The van der Waals surface area contributed by atoms with Gasteiger partial charge >= 0.3 is 6.18 Å². The van der Waals surface area contributed by atoms with Gasteiger partial charge in [-0.3, -0.25) is 0 Å². The molecule has 0 aliphatic heterocycles. The molecule has 0 nitrogen and oxygen atoms in total. The van der Waals surface area contributed by atoms with Gasteiger partial charge in [0.2, 0.25) is 0 Å². The van der Waals surface area contributed by atoms with Crippen LogP contribution in [0.2, 0.25) is 0 Å². The summed E-state index contributed by atoms with van der Waals surface area (Å²) < 4.78 is 38.7. The SMILES string of the molecule is CC(C)(C)Cc1cccc(CC(C)(C)C(F)(F)F)c1. The summed E-state index contributed by atoms with van der Waals surface area (Å²) in [6, 6.07) is 7.51. The van der Waals surface area contributed by atoms with Crippen molar-refractivity contribution < 1.29 is 13.2 Å². The third-order valence-corrected chi connectivity index (χ3v) is 3.14. The van der Waals surface area contributed by atoms with Crippen LogP contribution in [0.1, 0.15) is 45.7 Å². The van der Waals surface area contributed by atoms with Crippen LogP contribution in [0.25, 0.3) is 0 Å². The van der Waals surface area contributed by atoms with E-state index in [0.717, 1.165) is 17.5 Å². The summed E-state index contributed by atoms with van der Waals surface area (Å²) in [5.74, 6) is 0. The average Bonchev–Trinajstić information content (AvgIpc) is 2.12. The van der Waals surface area contributed by atoms with E-state index in [-0.39, 0.29) is 11.8 Å². The van der Waals surface area contributed by atoms with Crippen molar-refractivity contribution in [2.45, 2.75) is 53.6 Å². The highest BCUT2D eigenvalue weighted by atomic mass is 19.4. The van der Waals surface area contributed by atoms with Gasteiger partial charge < -0.3 is 0 Å². The van der Waals surface area contributed by atoms with Crippen molar-refractivity contribution in [1.82, 2.24) is 0 Å². The van der Waals surface area contributed by atoms with E-state index < -0.39 is 11.6 Å². The predicted molar refractivity (Wildman–Crippen MR) is 73.1 cm³/mol. The molecule has 0 amide bonds. The Hall–Kier alpha value is -0.990. The van der Waals surface area contributed by atoms with E-state index in [9.17, 15) is 13.2 Å². The van der Waals surface area contributed by atoms with Crippen molar-refractivity contribution in [3.8, 4) is 0 Å². The van der Waals surface area contributed by atoms with Crippen LogP contribution in [0.4, 0.5) is 13.2 Å². The first-order valence-electron chi connectivity index (χ1n) is 6.55. The fourth-order valence-corrected chi connectivity index (χ4v) is 2.07. The zero-order valence-corrected chi connectivity index (χ0v) is 12.4. The average molecular weight is 272 g/mol. The van der Waals surface area contributed by atoms with Crippen molar-refractivity contribution in [2.75, 3.05) is 0 Å². The van der Waals surface area contributed by atoms with Crippen molar-refractivity contribution in [3.63, 3.8) is 0 Å². The van der Waals surface area contributed by atoms with E-state index in [1.54, 1.807) is 6.07 Å². The lowest BCUT2D eigenvalue weighted by Gasteiger charge is -2.28. The second-order valence-corrected chi connectivity index (χ2v) is 7.12. The number of hydrogen-bond acceptors (Lipinski definition) is 0. The molecule has 0 aromatic heterocycles. The predicted octanol–water partition coefficient (Wildman–Crippen LogP) is 5.41. The maximum Gasteiger partial charge on any atom is 0.394 e. The zero-order chi connectivity index (χ0) is 14.9. The van der Waals surface area contributed by atoms with E-state index in [4.69, 9.17) is 0 Å². The van der Waals surface area contributed by atoms with Crippen molar-refractivity contribution in [1.29, 1.82) is 0 Å². The van der Waals surface area contributed by atoms with Crippen LogP contribution in [-0.4, -0.2) is 6.18 Å². The Labute approximate surface area is 114 Å².